The number of hydrogen-bond acceptors (Lipinski definition) is 3. The summed E-state index contributed by atoms with van der Waals surface area (Å²) in [5, 5.41) is 3.00. The van der Waals surface area contributed by atoms with Gasteiger partial charge in [-0.25, -0.2) is 0 Å². The maximum Gasteiger partial charge on any atom is 0.260 e. The molecule has 0 aliphatic carbocycles. The molecule has 142 valence electrons. The molecule has 2 aromatic carbocycles. The monoisotopic (exact) mass is 430 g/mol. The molecular formula is C21H23BrN2O3. The molecule has 27 heavy (non-hydrogen) atoms. The summed E-state index contributed by atoms with van der Waals surface area (Å²) in [5.41, 5.74) is 0.648. The molecule has 2 aromatic rings. The third-order valence-corrected chi connectivity index (χ3v) is 5.20. The van der Waals surface area contributed by atoms with Crippen molar-refractivity contribution in [1.82, 2.24) is 10.2 Å². The molecule has 1 aliphatic rings. The molecule has 1 N–H and O–H groups in total. The van der Waals surface area contributed by atoms with Gasteiger partial charge in [-0.15, -0.1) is 0 Å². The van der Waals surface area contributed by atoms with Crippen molar-refractivity contribution in [2.45, 2.75) is 12.8 Å². The molecule has 6 heteroatoms. The number of halogens is 1. The van der Waals surface area contributed by atoms with Crippen LogP contribution in [0, 0.1) is 5.92 Å². The smallest absolute Gasteiger partial charge is 0.260 e. The molecule has 0 bridgehead atoms. The Bertz CT molecular complexity index is 774. The first-order valence-electron chi connectivity index (χ1n) is 9.11. The summed E-state index contributed by atoms with van der Waals surface area (Å²) < 4.78 is 6.42. The summed E-state index contributed by atoms with van der Waals surface area (Å²) in [7, 11) is 0. The van der Waals surface area contributed by atoms with Gasteiger partial charge in [-0.05, 0) is 49.1 Å². The Morgan fingerprint density at radius 3 is 2.52 bits per heavy atom. The third-order valence-electron chi connectivity index (χ3n) is 4.71. The zero-order valence-electron chi connectivity index (χ0n) is 15.1. The predicted molar refractivity (Wildman–Crippen MR) is 108 cm³/mol. The summed E-state index contributed by atoms with van der Waals surface area (Å²) >= 11 is 3.38. The summed E-state index contributed by atoms with van der Waals surface area (Å²) in [6, 6.07) is 16.7. The van der Waals surface area contributed by atoms with Crippen LogP contribution < -0.4 is 10.1 Å². The minimum atomic E-state index is -0.0638. The summed E-state index contributed by atoms with van der Waals surface area (Å²) in [6.07, 6.45) is 1.77. The molecule has 2 amide bonds. The Morgan fingerprint density at radius 1 is 1.07 bits per heavy atom. The van der Waals surface area contributed by atoms with Crippen LogP contribution in [0.2, 0.25) is 0 Å². The molecule has 5 nitrogen and oxygen atoms in total. The van der Waals surface area contributed by atoms with Crippen LogP contribution in [0.4, 0.5) is 0 Å². The second-order valence-electron chi connectivity index (χ2n) is 6.65. The summed E-state index contributed by atoms with van der Waals surface area (Å²) in [4.78, 5) is 26.3. The van der Waals surface area contributed by atoms with E-state index in [1.807, 2.05) is 53.4 Å². The molecule has 1 heterocycles. The van der Waals surface area contributed by atoms with Gasteiger partial charge in [0.1, 0.15) is 5.75 Å². The van der Waals surface area contributed by atoms with Crippen molar-refractivity contribution in [1.29, 1.82) is 0 Å². The van der Waals surface area contributed by atoms with Gasteiger partial charge < -0.3 is 15.0 Å². The normalized spacial score (nSPS) is 14.6. The molecule has 0 unspecified atom stereocenters. The van der Waals surface area contributed by atoms with Gasteiger partial charge in [0.15, 0.2) is 6.61 Å². The van der Waals surface area contributed by atoms with Crippen molar-refractivity contribution in [3.05, 3.63) is 64.6 Å². The first-order chi connectivity index (χ1) is 13.1. The molecule has 0 spiro atoms. The lowest BCUT2D eigenvalue weighted by Gasteiger charge is -2.32. The minimum Gasteiger partial charge on any atom is -0.484 e. The second kappa shape index (κ2) is 9.55. The Hall–Kier alpha value is -2.34. The average Bonchev–Trinajstić information content (AvgIpc) is 2.71. The van der Waals surface area contributed by atoms with Crippen molar-refractivity contribution < 1.29 is 14.3 Å². The Balaban J connectivity index is 1.38. The van der Waals surface area contributed by atoms with Crippen LogP contribution in [-0.4, -0.2) is 43.0 Å². The molecule has 0 radical (unpaired) electrons. The van der Waals surface area contributed by atoms with E-state index in [1.165, 1.54) is 0 Å². The SMILES string of the molecule is O=C(NCC1CCN(C(=O)COc2ccccc2)CC1)c1cccc(Br)c1. The summed E-state index contributed by atoms with van der Waals surface area (Å²) in [5.74, 6) is 1.04. The average molecular weight is 431 g/mol. The Labute approximate surface area is 167 Å². The van der Waals surface area contributed by atoms with Gasteiger partial charge in [-0.2, -0.15) is 0 Å². The van der Waals surface area contributed by atoms with Gasteiger partial charge in [0.2, 0.25) is 0 Å². The van der Waals surface area contributed by atoms with E-state index in [0.29, 0.717) is 36.9 Å². The fourth-order valence-corrected chi connectivity index (χ4v) is 3.51. The van der Waals surface area contributed by atoms with Crippen LogP contribution in [0.25, 0.3) is 0 Å². The number of nitrogens with one attached hydrogen (secondary N) is 1. The standard InChI is InChI=1S/C21H23BrN2O3/c22-18-6-4-5-17(13-18)21(26)23-14-16-9-11-24(12-10-16)20(25)15-27-19-7-2-1-3-8-19/h1-8,13,16H,9-12,14-15H2,(H,23,26). The largest absolute Gasteiger partial charge is 0.484 e. The molecule has 1 fully saturated rings. The molecule has 1 saturated heterocycles. The predicted octanol–water partition coefficient (Wildman–Crippen LogP) is 3.50. The van der Waals surface area contributed by atoms with Gasteiger partial charge in [0.25, 0.3) is 11.8 Å². The first kappa shape index (κ1) is 19.4. The van der Waals surface area contributed by atoms with Crippen LogP contribution in [-0.2, 0) is 4.79 Å². The van der Waals surface area contributed by atoms with Crippen LogP contribution in [0.15, 0.2) is 59.1 Å². The van der Waals surface area contributed by atoms with E-state index in [1.54, 1.807) is 6.07 Å². The number of carbonyl (C=O) groups is 2. The first-order valence-corrected chi connectivity index (χ1v) is 9.90. The number of likely N-dealkylation sites (tertiary alicyclic amines) is 1. The number of amides is 2. The number of nitrogens with zero attached hydrogens (tertiary/aromatic N) is 1. The van der Waals surface area contributed by atoms with Crippen LogP contribution in [0.1, 0.15) is 23.2 Å². The van der Waals surface area contributed by atoms with E-state index in [9.17, 15) is 9.59 Å². The van der Waals surface area contributed by atoms with E-state index in [0.717, 1.165) is 17.3 Å². The number of benzene rings is 2. The fourth-order valence-electron chi connectivity index (χ4n) is 3.11. The van der Waals surface area contributed by atoms with Gasteiger partial charge in [0, 0.05) is 29.7 Å². The topological polar surface area (TPSA) is 58.6 Å². The van der Waals surface area contributed by atoms with Crippen molar-refractivity contribution in [2.24, 2.45) is 5.92 Å². The Morgan fingerprint density at radius 2 is 1.81 bits per heavy atom. The van der Waals surface area contributed by atoms with E-state index in [4.69, 9.17) is 4.74 Å². The number of piperidine rings is 1. The number of hydrogen-bond donors (Lipinski definition) is 1. The summed E-state index contributed by atoms with van der Waals surface area (Å²) in [6.45, 7) is 2.10. The van der Waals surface area contributed by atoms with Gasteiger partial charge >= 0.3 is 0 Å². The molecule has 3 rings (SSSR count). The zero-order valence-corrected chi connectivity index (χ0v) is 16.7. The van der Waals surface area contributed by atoms with Crippen LogP contribution >= 0.6 is 15.9 Å². The second-order valence-corrected chi connectivity index (χ2v) is 7.56. The minimum absolute atomic E-state index is 0.00970. The third kappa shape index (κ3) is 5.82. The number of carbonyl (C=O) groups excluding carboxylic acids is 2. The molecular weight excluding hydrogens is 408 g/mol. The lowest BCUT2D eigenvalue weighted by atomic mass is 9.96. The van der Waals surface area contributed by atoms with Gasteiger partial charge in [0.05, 0.1) is 0 Å². The molecule has 0 saturated carbocycles. The maximum absolute atomic E-state index is 12.3. The van der Waals surface area contributed by atoms with Crippen molar-refractivity contribution >= 4 is 27.7 Å². The fraction of sp³-hybridized carbons (Fsp3) is 0.333. The Kier molecular flexibility index (Phi) is 6.87. The number of para-hydroxylation sites is 1. The highest BCUT2D eigenvalue weighted by Gasteiger charge is 2.23. The number of ether oxygens (including phenoxy) is 1. The van der Waals surface area contributed by atoms with E-state index < -0.39 is 0 Å². The van der Waals surface area contributed by atoms with Crippen molar-refractivity contribution in [2.75, 3.05) is 26.2 Å². The van der Waals surface area contributed by atoms with E-state index in [-0.39, 0.29) is 18.4 Å². The number of rotatable bonds is 6. The lowest BCUT2D eigenvalue weighted by Crippen LogP contribution is -2.43. The highest BCUT2D eigenvalue weighted by Crippen LogP contribution is 2.18. The van der Waals surface area contributed by atoms with Gasteiger partial charge in [-0.3, -0.25) is 9.59 Å². The van der Waals surface area contributed by atoms with E-state index >= 15 is 0 Å². The molecule has 0 aromatic heterocycles. The maximum atomic E-state index is 12.3. The van der Waals surface area contributed by atoms with E-state index in [2.05, 4.69) is 21.2 Å². The van der Waals surface area contributed by atoms with Crippen molar-refractivity contribution in [3.8, 4) is 5.75 Å². The quantitative estimate of drug-likeness (QED) is 0.762. The van der Waals surface area contributed by atoms with Gasteiger partial charge in [-0.1, -0.05) is 40.2 Å². The van der Waals surface area contributed by atoms with Crippen LogP contribution in [0.5, 0.6) is 5.75 Å². The molecule has 1 aliphatic heterocycles. The lowest BCUT2D eigenvalue weighted by molar-refractivity contribution is -0.134. The van der Waals surface area contributed by atoms with Crippen LogP contribution in [0.3, 0.4) is 0 Å². The highest BCUT2D eigenvalue weighted by molar-refractivity contribution is 9.10. The zero-order chi connectivity index (χ0) is 19.1. The molecule has 0 atom stereocenters. The highest BCUT2D eigenvalue weighted by atomic mass is 79.9. The van der Waals surface area contributed by atoms with Crippen molar-refractivity contribution in [3.63, 3.8) is 0 Å².